The van der Waals surface area contributed by atoms with Crippen LogP contribution in [0.15, 0.2) is 12.1 Å². The molecule has 30 heavy (non-hydrogen) atoms. The molecule has 0 amide bonds. The Balaban J connectivity index is 2.07. The highest BCUT2D eigenvalue weighted by Gasteiger charge is 2.61. The van der Waals surface area contributed by atoms with Crippen molar-refractivity contribution in [2.24, 2.45) is 11.3 Å². The van der Waals surface area contributed by atoms with Crippen LogP contribution < -0.4 is 4.74 Å². The van der Waals surface area contributed by atoms with Gasteiger partial charge in [-0.2, -0.15) is 0 Å². The summed E-state index contributed by atoms with van der Waals surface area (Å²) in [5, 5.41) is 19.4. The normalized spacial score (nSPS) is 27.8. The molecule has 0 radical (unpaired) electrons. The Labute approximate surface area is 177 Å². The van der Waals surface area contributed by atoms with Crippen molar-refractivity contribution in [1.82, 2.24) is 0 Å². The highest BCUT2D eigenvalue weighted by molar-refractivity contribution is 5.90. The van der Waals surface area contributed by atoms with Gasteiger partial charge in [-0.15, -0.1) is 0 Å². The minimum absolute atomic E-state index is 0.155. The first-order valence-electron chi connectivity index (χ1n) is 10.4. The number of aliphatic hydroxyl groups excluding tert-OH is 2. The summed E-state index contributed by atoms with van der Waals surface area (Å²) in [7, 11) is 1.33. The van der Waals surface area contributed by atoms with E-state index in [0.29, 0.717) is 23.3 Å². The molecule has 0 aromatic heterocycles. The minimum atomic E-state index is -0.965. The molecule has 1 unspecified atom stereocenters. The third kappa shape index (κ3) is 3.69. The summed E-state index contributed by atoms with van der Waals surface area (Å²) >= 11 is 0. The number of carbonyl (C=O) groups excluding carboxylic acids is 2. The molecule has 2 aliphatic rings. The molecule has 1 heterocycles. The maximum absolute atomic E-state index is 12.2. The van der Waals surface area contributed by atoms with Gasteiger partial charge in [0.1, 0.15) is 17.5 Å². The first kappa shape index (κ1) is 22.6. The molecule has 4 atom stereocenters. The molecule has 7 heteroatoms. The second-order valence-electron chi connectivity index (χ2n) is 9.12. The molecule has 0 bridgehead atoms. The van der Waals surface area contributed by atoms with Crippen molar-refractivity contribution < 1.29 is 34.0 Å². The molecule has 1 spiro atoms. The number of benzene rings is 1. The summed E-state index contributed by atoms with van der Waals surface area (Å²) in [6, 6.07) is 3.44. The standard InChI is InChI=1S/C23H32O7/c1-13-6-7-19(29-14(2)25)22(3,4)23(13)11-17-9-16(21(27)28-5)8-15(20(17)30-23)10-18(26)12-24/h8-9,13,18-19,24,26H,6-7,10-12H2,1-5H3/t13-,18?,19+,23+/m1/s1. The van der Waals surface area contributed by atoms with Gasteiger partial charge in [-0.05, 0) is 42.0 Å². The van der Waals surface area contributed by atoms with E-state index < -0.39 is 29.7 Å². The molecule has 1 aromatic carbocycles. The van der Waals surface area contributed by atoms with Gasteiger partial charge >= 0.3 is 11.9 Å². The van der Waals surface area contributed by atoms with Crippen LogP contribution in [0, 0.1) is 11.3 Å². The molecule has 3 rings (SSSR count). The predicted octanol–water partition coefficient (Wildman–Crippen LogP) is 2.43. The van der Waals surface area contributed by atoms with Gasteiger partial charge in [0, 0.05) is 25.2 Å². The van der Waals surface area contributed by atoms with Gasteiger partial charge in [-0.25, -0.2) is 4.79 Å². The lowest BCUT2D eigenvalue weighted by Gasteiger charge is -2.54. The third-order valence-corrected chi connectivity index (χ3v) is 6.93. The first-order valence-corrected chi connectivity index (χ1v) is 10.4. The van der Waals surface area contributed by atoms with Crippen LogP contribution in [-0.2, 0) is 27.1 Å². The van der Waals surface area contributed by atoms with Crippen LogP contribution in [0.4, 0.5) is 0 Å². The van der Waals surface area contributed by atoms with Gasteiger partial charge in [-0.3, -0.25) is 4.79 Å². The van der Waals surface area contributed by atoms with Gasteiger partial charge in [-0.1, -0.05) is 20.8 Å². The molecule has 7 nitrogen and oxygen atoms in total. The number of methoxy groups -OCH3 is 1. The SMILES string of the molecule is COC(=O)c1cc(CC(O)CO)c2c(c1)C[C@]1(O2)[C@H](C)CC[C@H](OC(C)=O)C1(C)C. The minimum Gasteiger partial charge on any atom is -0.485 e. The van der Waals surface area contributed by atoms with Crippen molar-refractivity contribution in [1.29, 1.82) is 0 Å². The maximum Gasteiger partial charge on any atom is 0.337 e. The molecular formula is C23H32O7. The van der Waals surface area contributed by atoms with Crippen molar-refractivity contribution in [2.75, 3.05) is 13.7 Å². The second kappa shape index (κ2) is 8.19. The van der Waals surface area contributed by atoms with Crippen LogP contribution in [0.2, 0.25) is 0 Å². The maximum atomic E-state index is 12.2. The zero-order valence-electron chi connectivity index (χ0n) is 18.4. The molecule has 166 valence electrons. The molecule has 1 fully saturated rings. The topological polar surface area (TPSA) is 102 Å². The Morgan fingerprint density at radius 3 is 2.60 bits per heavy atom. The predicted molar refractivity (Wildman–Crippen MR) is 109 cm³/mol. The summed E-state index contributed by atoms with van der Waals surface area (Å²) in [5.74, 6) is 0.0442. The van der Waals surface area contributed by atoms with E-state index in [1.165, 1.54) is 14.0 Å². The smallest absolute Gasteiger partial charge is 0.337 e. The van der Waals surface area contributed by atoms with Crippen LogP contribution in [0.1, 0.15) is 62.0 Å². The van der Waals surface area contributed by atoms with Gasteiger partial charge in [0.2, 0.25) is 0 Å². The van der Waals surface area contributed by atoms with Crippen molar-refractivity contribution in [3.8, 4) is 5.75 Å². The van der Waals surface area contributed by atoms with Crippen LogP contribution in [0.25, 0.3) is 0 Å². The Hall–Kier alpha value is -2.12. The van der Waals surface area contributed by atoms with Crippen molar-refractivity contribution in [3.05, 3.63) is 28.8 Å². The number of ether oxygens (including phenoxy) is 3. The lowest BCUT2D eigenvalue weighted by molar-refractivity contribution is -0.186. The van der Waals surface area contributed by atoms with Crippen molar-refractivity contribution >= 4 is 11.9 Å². The molecule has 2 N–H and O–H groups in total. The van der Waals surface area contributed by atoms with E-state index in [9.17, 15) is 19.8 Å². The lowest BCUT2D eigenvalue weighted by Crippen LogP contribution is -2.62. The molecule has 1 aliphatic carbocycles. The van der Waals surface area contributed by atoms with Crippen molar-refractivity contribution in [2.45, 2.75) is 71.2 Å². The Morgan fingerprint density at radius 2 is 2.00 bits per heavy atom. The van der Waals surface area contributed by atoms with E-state index >= 15 is 0 Å². The quantitative estimate of drug-likeness (QED) is 0.705. The number of rotatable bonds is 5. The van der Waals surface area contributed by atoms with E-state index in [1.807, 2.05) is 0 Å². The number of aliphatic hydroxyl groups is 2. The molecule has 1 saturated carbocycles. The third-order valence-electron chi connectivity index (χ3n) is 6.93. The summed E-state index contributed by atoms with van der Waals surface area (Å²) < 4.78 is 17.2. The van der Waals surface area contributed by atoms with E-state index in [1.54, 1.807) is 12.1 Å². The Bertz CT molecular complexity index is 831. The molecule has 0 saturated heterocycles. The van der Waals surface area contributed by atoms with Crippen molar-refractivity contribution in [3.63, 3.8) is 0 Å². The zero-order valence-corrected chi connectivity index (χ0v) is 18.4. The van der Waals surface area contributed by atoms with E-state index in [4.69, 9.17) is 14.2 Å². The van der Waals surface area contributed by atoms with E-state index in [2.05, 4.69) is 20.8 Å². The van der Waals surface area contributed by atoms with Crippen LogP contribution in [-0.4, -0.2) is 53.7 Å². The first-order chi connectivity index (χ1) is 14.1. The van der Waals surface area contributed by atoms with Crippen LogP contribution >= 0.6 is 0 Å². The molecule has 1 aromatic rings. The van der Waals surface area contributed by atoms with Crippen LogP contribution in [0.5, 0.6) is 5.75 Å². The number of fused-ring (bicyclic) bond motifs is 1. The lowest BCUT2D eigenvalue weighted by atomic mass is 9.58. The summed E-state index contributed by atoms with van der Waals surface area (Å²) in [6.45, 7) is 7.29. The fourth-order valence-corrected chi connectivity index (χ4v) is 5.17. The molecular weight excluding hydrogens is 388 g/mol. The largest absolute Gasteiger partial charge is 0.485 e. The van der Waals surface area contributed by atoms with E-state index in [0.717, 1.165) is 18.4 Å². The second-order valence-corrected chi connectivity index (χ2v) is 9.12. The zero-order chi connectivity index (χ0) is 22.3. The number of carbonyl (C=O) groups is 2. The van der Waals surface area contributed by atoms with E-state index in [-0.39, 0.29) is 24.4 Å². The fraction of sp³-hybridized carbons (Fsp3) is 0.652. The van der Waals surface area contributed by atoms with Gasteiger partial charge in [0.05, 0.1) is 25.4 Å². The summed E-state index contributed by atoms with van der Waals surface area (Å²) in [5.41, 5.74) is 0.801. The number of esters is 2. The Kier molecular flexibility index (Phi) is 6.16. The highest BCUT2D eigenvalue weighted by Crippen LogP contribution is 2.57. The monoisotopic (exact) mass is 420 g/mol. The number of hydrogen-bond donors (Lipinski definition) is 2. The van der Waals surface area contributed by atoms with Gasteiger partial charge in [0.15, 0.2) is 0 Å². The fourth-order valence-electron chi connectivity index (χ4n) is 5.17. The molecule has 1 aliphatic heterocycles. The average Bonchev–Trinajstić information content (AvgIpc) is 3.10. The summed E-state index contributed by atoms with van der Waals surface area (Å²) in [4.78, 5) is 23.9. The summed E-state index contributed by atoms with van der Waals surface area (Å²) in [6.07, 6.45) is 1.07. The number of hydrogen-bond acceptors (Lipinski definition) is 7. The van der Waals surface area contributed by atoms with Gasteiger partial charge < -0.3 is 24.4 Å². The highest BCUT2D eigenvalue weighted by atomic mass is 16.6. The van der Waals surface area contributed by atoms with Gasteiger partial charge in [0.25, 0.3) is 0 Å². The Morgan fingerprint density at radius 1 is 1.30 bits per heavy atom. The van der Waals surface area contributed by atoms with Crippen LogP contribution in [0.3, 0.4) is 0 Å². The average molecular weight is 421 g/mol.